The Kier molecular flexibility index (Phi) is 4.65. The van der Waals surface area contributed by atoms with E-state index in [1.807, 2.05) is 0 Å². The average molecular weight is 342 g/mol. The lowest BCUT2D eigenvalue weighted by Gasteiger charge is -2.13. The number of hydrogen-bond acceptors (Lipinski definition) is 2. The van der Waals surface area contributed by atoms with E-state index >= 15 is 0 Å². The summed E-state index contributed by atoms with van der Waals surface area (Å²) in [5.41, 5.74) is -0.376. The molecule has 18 heavy (non-hydrogen) atoms. The van der Waals surface area contributed by atoms with Crippen molar-refractivity contribution in [2.24, 2.45) is 0 Å². The SMILES string of the molecule is O=C(c1cc(OC(F)(F)F)ccc1Cl)C(Cl)(Cl)Cl. The summed E-state index contributed by atoms with van der Waals surface area (Å²) in [7, 11) is 0. The number of hydrogen-bond donors (Lipinski definition) is 0. The molecule has 0 radical (unpaired) electrons. The number of alkyl halides is 6. The Hall–Kier alpha value is -0.360. The molecule has 0 fully saturated rings. The lowest BCUT2D eigenvalue weighted by molar-refractivity contribution is -0.274. The van der Waals surface area contributed by atoms with Crippen molar-refractivity contribution in [1.29, 1.82) is 0 Å². The molecule has 0 heterocycles. The average Bonchev–Trinajstić information content (AvgIpc) is 2.16. The van der Waals surface area contributed by atoms with Gasteiger partial charge in [-0.05, 0) is 18.2 Å². The van der Waals surface area contributed by atoms with E-state index in [4.69, 9.17) is 46.4 Å². The molecule has 0 saturated carbocycles. The molecule has 0 unspecified atom stereocenters. The van der Waals surface area contributed by atoms with Gasteiger partial charge in [0.15, 0.2) is 0 Å². The Labute approximate surface area is 120 Å². The lowest BCUT2D eigenvalue weighted by atomic mass is 10.1. The van der Waals surface area contributed by atoms with Crippen molar-refractivity contribution >= 4 is 52.2 Å². The Bertz CT molecular complexity index is 468. The van der Waals surface area contributed by atoms with Crippen molar-refractivity contribution in [3.8, 4) is 5.75 Å². The first-order valence-corrected chi connectivity index (χ1v) is 5.69. The van der Waals surface area contributed by atoms with Crippen molar-refractivity contribution in [3.05, 3.63) is 28.8 Å². The van der Waals surface area contributed by atoms with Gasteiger partial charge in [0.05, 0.1) is 5.02 Å². The second kappa shape index (κ2) is 5.33. The molecule has 9 heteroatoms. The third-order valence-electron chi connectivity index (χ3n) is 1.67. The number of carbonyl (C=O) groups is 1. The van der Waals surface area contributed by atoms with Crippen molar-refractivity contribution in [2.45, 2.75) is 10.2 Å². The number of rotatable bonds is 2. The molecule has 1 aromatic carbocycles. The summed E-state index contributed by atoms with van der Waals surface area (Å²) < 4.78 is 37.3. The van der Waals surface area contributed by atoms with Gasteiger partial charge >= 0.3 is 6.36 Å². The van der Waals surface area contributed by atoms with Crippen molar-refractivity contribution in [2.75, 3.05) is 0 Å². The monoisotopic (exact) mass is 340 g/mol. The number of ether oxygens (including phenoxy) is 1. The topological polar surface area (TPSA) is 26.3 Å². The molecule has 1 rings (SSSR count). The van der Waals surface area contributed by atoms with Crippen LogP contribution in [0.1, 0.15) is 10.4 Å². The molecule has 0 aliphatic rings. The van der Waals surface area contributed by atoms with Gasteiger partial charge in [0.1, 0.15) is 5.75 Å². The Morgan fingerprint density at radius 1 is 1.17 bits per heavy atom. The first kappa shape index (κ1) is 15.7. The zero-order chi connectivity index (χ0) is 14.1. The Morgan fingerprint density at radius 2 is 1.72 bits per heavy atom. The molecular weight excluding hydrogens is 339 g/mol. The summed E-state index contributed by atoms with van der Waals surface area (Å²) in [6, 6.07) is 2.72. The van der Waals surface area contributed by atoms with Crippen LogP contribution in [-0.2, 0) is 0 Å². The minimum Gasteiger partial charge on any atom is -0.406 e. The van der Waals surface area contributed by atoms with Crippen molar-refractivity contribution < 1.29 is 22.7 Å². The van der Waals surface area contributed by atoms with Crippen LogP contribution in [0.25, 0.3) is 0 Å². The van der Waals surface area contributed by atoms with E-state index in [0.717, 1.165) is 18.2 Å². The van der Waals surface area contributed by atoms with Gasteiger partial charge in [-0.2, -0.15) is 0 Å². The molecule has 0 spiro atoms. The van der Waals surface area contributed by atoms with Crippen LogP contribution in [0.3, 0.4) is 0 Å². The summed E-state index contributed by atoms with van der Waals surface area (Å²) in [5, 5.41) is -0.152. The van der Waals surface area contributed by atoms with E-state index < -0.39 is 21.7 Å². The van der Waals surface area contributed by atoms with Crippen LogP contribution in [-0.4, -0.2) is 15.9 Å². The van der Waals surface area contributed by atoms with Crippen LogP contribution in [0.4, 0.5) is 13.2 Å². The quantitative estimate of drug-likeness (QED) is 0.571. The maximum Gasteiger partial charge on any atom is 0.573 e. The highest BCUT2D eigenvalue weighted by atomic mass is 35.6. The molecule has 0 aliphatic heterocycles. The fourth-order valence-corrected chi connectivity index (χ4v) is 1.54. The third-order valence-corrected chi connectivity index (χ3v) is 2.52. The highest BCUT2D eigenvalue weighted by Gasteiger charge is 2.35. The predicted molar refractivity (Wildman–Crippen MR) is 62.8 cm³/mol. The van der Waals surface area contributed by atoms with Crippen LogP contribution in [0.15, 0.2) is 18.2 Å². The maximum atomic E-state index is 12.0. The molecule has 0 saturated heterocycles. The highest BCUT2D eigenvalue weighted by molar-refractivity contribution is 6.77. The van der Waals surface area contributed by atoms with Crippen LogP contribution < -0.4 is 4.74 Å². The summed E-state index contributed by atoms with van der Waals surface area (Å²) >= 11 is 21.6. The summed E-state index contributed by atoms with van der Waals surface area (Å²) in [4.78, 5) is 11.6. The molecule has 0 amide bonds. The van der Waals surface area contributed by atoms with Gasteiger partial charge in [0.2, 0.25) is 5.78 Å². The zero-order valence-electron chi connectivity index (χ0n) is 8.19. The standard InChI is InChI=1S/C9H3Cl4F3O2/c10-6-2-1-4(18-9(14,15)16)3-5(6)7(17)8(11,12)13/h1-3H. The first-order chi connectivity index (χ1) is 8.00. The van der Waals surface area contributed by atoms with Crippen LogP contribution in [0.5, 0.6) is 5.75 Å². The Balaban J connectivity index is 3.14. The second-order valence-corrected chi connectivity index (χ2v) is 5.70. The molecular formula is C9H3Cl4F3O2. The molecule has 0 bridgehead atoms. The summed E-state index contributed by atoms with van der Waals surface area (Å²) in [5.74, 6) is -1.69. The molecule has 0 aromatic heterocycles. The summed E-state index contributed by atoms with van der Waals surface area (Å²) in [6.45, 7) is 0. The molecule has 0 N–H and O–H groups in total. The molecule has 2 nitrogen and oxygen atoms in total. The number of Topliss-reactive ketones (excluding diaryl/α,β-unsaturated/α-hetero) is 1. The molecule has 100 valence electrons. The van der Waals surface area contributed by atoms with E-state index in [0.29, 0.717) is 0 Å². The van der Waals surface area contributed by atoms with Crippen molar-refractivity contribution in [1.82, 2.24) is 0 Å². The maximum absolute atomic E-state index is 12.0. The van der Waals surface area contributed by atoms with E-state index in [2.05, 4.69) is 4.74 Å². The lowest BCUT2D eigenvalue weighted by Crippen LogP contribution is -2.20. The van der Waals surface area contributed by atoms with Gasteiger partial charge in [-0.3, -0.25) is 4.79 Å². The molecule has 0 atom stereocenters. The number of benzene rings is 1. The van der Waals surface area contributed by atoms with Crippen LogP contribution >= 0.6 is 46.4 Å². The third kappa shape index (κ3) is 4.39. The fourth-order valence-electron chi connectivity index (χ4n) is 1.03. The largest absolute Gasteiger partial charge is 0.573 e. The van der Waals surface area contributed by atoms with Crippen LogP contribution in [0.2, 0.25) is 5.02 Å². The van der Waals surface area contributed by atoms with Gasteiger partial charge < -0.3 is 4.74 Å². The van der Waals surface area contributed by atoms with E-state index in [-0.39, 0.29) is 10.6 Å². The van der Waals surface area contributed by atoms with Gasteiger partial charge in [0.25, 0.3) is 3.79 Å². The van der Waals surface area contributed by atoms with Gasteiger partial charge in [-0.15, -0.1) is 13.2 Å². The van der Waals surface area contributed by atoms with Gasteiger partial charge in [-0.25, -0.2) is 0 Å². The normalized spacial score (nSPS) is 12.4. The highest BCUT2D eigenvalue weighted by Crippen LogP contribution is 2.35. The number of carbonyl (C=O) groups excluding carboxylic acids is 1. The van der Waals surface area contributed by atoms with E-state index in [1.165, 1.54) is 0 Å². The zero-order valence-corrected chi connectivity index (χ0v) is 11.2. The summed E-state index contributed by atoms with van der Waals surface area (Å²) in [6.07, 6.45) is -4.89. The minimum absolute atomic E-state index is 0.152. The van der Waals surface area contributed by atoms with Crippen LogP contribution in [0, 0.1) is 0 Å². The van der Waals surface area contributed by atoms with E-state index in [9.17, 15) is 18.0 Å². The second-order valence-electron chi connectivity index (χ2n) is 3.02. The van der Waals surface area contributed by atoms with Gasteiger partial charge in [0, 0.05) is 5.56 Å². The van der Waals surface area contributed by atoms with Gasteiger partial charge in [-0.1, -0.05) is 46.4 Å². The number of halogens is 7. The fraction of sp³-hybridized carbons (Fsp3) is 0.222. The minimum atomic E-state index is -4.89. The smallest absolute Gasteiger partial charge is 0.406 e. The number of ketones is 1. The molecule has 1 aromatic rings. The van der Waals surface area contributed by atoms with Crippen molar-refractivity contribution in [3.63, 3.8) is 0 Å². The van der Waals surface area contributed by atoms with E-state index in [1.54, 1.807) is 0 Å². The first-order valence-electron chi connectivity index (χ1n) is 4.17. The molecule has 0 aliphatic carbocycles. The predicted octanol–water partition coefficient (Wildman–Crippen LogP) is 4.79. The Morgan fingerprint density at radius 3 is 2.17 bits per heavy atom.